The van der Waals surface area contributed by atoms with Gasteiger partial charge in [0.15, 0.2) is 5.43 Å². The lowest BCUT2D eigenvalue weighted by Crippen LogP contribution is -2.19. The molecule has 1 aromatic heterocycles. The van der Waals surface area contributed by atoms with Crippen molar-refractivity contribution in [1.29, 1.82) is 0 Å². The van der Waals surface area contributed by atoms with E-state index < -0.39 is 11.4 Å². The number of aromatic carboxylic acids is 1. The maximum atomic E-state index is 12.2. The Morgan fingerprint density at radius 3 is 2.68 bits per heavy atom. The molecular formula is C23H25NO4. The van der Waals surface area contributed by atoms with Crippen LogP contribution in [-0.4, -0.2) is 21.7 Å². The van der Waals surface area contributed by atoms with Gasteiger partial charge in [0.25, 0.3) is 0 Å². The summed E-state index contributed by atoms with van der Waals surface area (Å²) < 4.78 is 7.79. The molecule has 0 bridgehead atoms. The normalized spacial score (nSPS) is 14.0. The fraction of sp³-hybridized carbons (Fsp3) is 0.304. The number of benzene rings is 1. The number of hydrogen-bond acceptors (Lipinski definition) is 3. The highest BCUT2D eigenvalue weighted by Crippen LogP contribution is 2.33. The molecule has 0 saturated heterocycles. The number of aromatic nitrogens is 1. The van der Waals surface area contributed by atoms with Crippen molar-refractivity contribution < 1.29 is 14.6 Å². The highest BCUT2D eigenvalue weighted by Gasteiger charge is 2.24. The van der Waals surface area contributed by atoms with Crippen molar-refractivity contribution >= 4 is 17.1 Å². The molecule has 2 aromatic rings. The smallest absolute Gasteiger partial charge is 0.341 e. The molecule has 3 rings (SSSR count). The first-order valence-electron chi connectivity index (χ1n) is 9.52. The van der Waals surface area contributed by atoms with E-state index >= 15 is 0 Å². The lowest BCUT2D eigenvalue weighted by Gasteiger charge is -2.15. The van der Waals surface area contributed by atoms with Crippen molar-refractivity contribution in [2.75, 3.05) is 0 Å². The van der Waals surface area contributed by atoms with Crippen molar-refractivity contribution in [2.24, 2.45) is 0 Å². The third kappa shape index (κ3) is 4.42. The van der Waals surface area contributed by atoms with Crippen molar-refractivity contribution in [3.05, 3.63) is 76.2 Å². The zero-order chi connectivity index (χ0) is 20.3. The molecule has 1 aromatic carbocycles. The third-order valence-electron chi connectivity index (χ3n) is 4.67. The summed E-state index contributed by atoms with van der Waals surface area (Å²) in [6.07, 6.45) is 6.60. The van der Waals surface area contributed by atoms with Crippen LogP contribution in [0.5, 0.6) is 5.75 Å². The van der Waals surface area contributed by atoms with Crippen molar-refractivity contribution in [3.63, 3.8) is 0 Å². The minimum atomic E-state index is -1.21. The van der Waals surface area contributed by atoms with Crippen LogP contribution < -0.4 is 10.2 Å². The molecule has 5 heteroatoms. The van der Waals surface area contributed by atoms with Gasteiger partial charge in [0.05, 0.1) is 6.10 Å². The number of allylic oxidation sites excluding steroid dienone is 3. The number of pyridine rings is 1. The Labute approximate surface area is 164 Å². The molecule has 1 heterocycles. The van der Waals surface area contributed by atoms with Crippen LogP contribution in [0.1, 0.15) is 54.7 Å². The summed E-state index contributed by atoms with van der Waals surface area (Å²) in [6, 6.07) is 9.19. The van der Waals surface area contributed by atoms with Crippen LogP contribution in [0, 0.1) is 0 Å². The van der Waals surface area contributed by atoms with Crippen molar-refractivity contribution in [3.8, 4) is 5.75 Å². The summed E-state index contributed by atoms with van der Waals surface area (Å²) in [5.74, 6) is -0.398. The molecule has 0 aliphatic heterocycles. The molecule has 1 aliphatic rings. The third-order valence-corrected chi connectivity index (χ3v) is 4.67. The summed E-state index contributed by atoms with van der Waals surface area (Å²) in [5.41, 5.74) is 2.52. The maximum Gasteiger partial charge on any atom is 0.341 e. The number of hydrogen-bond donors (Lipinski definition) is 1. The molecule has 0 amide bonds. The van der Waals surface area contributed by atoms with Crippen LogP contribution in [-0.2, 0) is 6.54 Å². The first-order valence-corrected chi connectivity index (χ1v) is 9.52. The molecule has 1 saturated carbocycles. The molecule has 5 nitrogen and oxygen atoms in total. The molecule has 0 atom stereocenters. The van der Waals surface area contributed by atoms with Gasteiger partial charge in [-0.15, -0.1) is 0 Å². The van der Waals surface area contributed by atoms with E-state index in [1.54, 1.807) is 0 Å². The van der Waals surface area contributed by atoms with Gasteiger partial charge in [-0.25, -0.2) is 4.79 Å². The summed E-state index contributed by atoms with van der Waals surface area (Å²) in [6.45, 7) is 8.71. The predicted molar refractivity (Wildman–Crippen MR) is 111 cm³/mol. The Bertz CT molecular complexity index is 996. The summed E-state index contributed by atoms with van der Waals surface area (Å²) in [7, 11) is 0. The number of carboxylic acid groups (broad SMARTS) is 1. The summed E-state index contributed by atoms with van der Waals surface area (Å²) in [5, 5.41) is 9.23. The number of carbonyl (C=O) groups is 1. The molecule has 1 aliphatic carbocycles. The number of nitrogens with zero attached hydrogens (tertiary/aromatic N) is 1. The van der Waals surface area contributed by atoms with E-state index in [9.17, 15) is 14.7 Å². The second kappa shape index (κ2) is 8.30. The largest absolute Gasteiger partial charge is 0.490 e. The Hall–Kier alpha value is -3.08. The van der Waals surface area contributed by atoms with Gasteiger partial charge in [-0.2, -0.15) is 0 Å². The number of ether oxygens (including phenoxy) is 1. The number of rotatable bonds is 8. The molecule has 146 valence electrons. The SMILES string of the molecule is C=C(/C=C(\C)c1cc(=O)c(C(=O)O)cn1CCC)c1ccccc1OC1CC1. The molecule has 1 N–H and O–H groups in total. The highest BCUT2D eigenvalue weighted by molar-refractivity contribution is 5.88. The van der Waals surface area contributed by atoms with Gasteiger partial charge in [0, 0.05) is 30.1 Å². The van der Waals surface area contributed by atoms with E-state index in [0.29, 0.717) is 12.2 Å². The van der Waals surface area contributed by atoms with Crippen molar-refractivity contribution in [1.82, 2.24) is 4.57 Å². The lowest BCUT2D eigenvalue weighted by molar-refractivity contribution is 0.0694. The van der Waals surface area contributed by atoms with Crippen LogP contribution in [0.2, 0.25) is 0 Å². The van der Waals surface area contributed by atoms with Crippen LogP contribution in [0.25, 0.3) is 11.1 Å². The first-order chi connectivity index (χ1) is 13.4. The Balaban J connectivity index is 1.97. The molecule has 1 fully saturated rings. The lowest BCUT2D eigenvalue weighted by atomic mass is 10.0. The van der Waals surface area contributed by atoms with Crippen LogP contribution >= 0.6 is 0 Å². The first kappa shape index (κ1) is 19.7. The molecular weight excluding hydrogens is 354 g/mol. The Morgan fingerprint density at radius 2 is 2.04 bits per heavy atom. The van der Waals surface area contributed by atoms with Gasteiger partial charge in [0.1, 0.15) is 11.3 Å². The molecule has 0 unspecified atom stereocenters. The van der Waals surface area contributed by atoms with Gasteiger partial charge >= 0.3 is 5.97 Å². The monoisotopic (exact) mass is 379 g/mol. The second-order valence-electron chi connectivity index (χ2n) is 7.10. The number of aryl methyl sites for hydroxylation is 1. The Morgan fingerprint density at radius 1 is 1.32 bits per heavy atom. The van der Waals surface area contributed by atoms with Gasteiger partial charge in [-0.05, 0) is 49.5 Å². The second-order valence-corrected chi connectivity index (χ2v) is 7.10. The van der Waals surface area contributed by atoms with Gasteiger partial charge in [-0.3, -0.25) is 4.79 Å². The zero-order valence-electron chi connectivity index (χ0n) is 16.3. The van der Waals surface area contributed by atoms with E-state index in [4.69, 9.17) is 4.74 Å². The minimum absolute atomic E-state index is 0.216. The van der Waals surface area contributed by atoms with Crippen LogP contribution in [0.4, 0.5) is 0 Å². The van der Waals surface area contributed by atoms with Gasteiger partial charge < -0.3 is 14.4 Å². The van der Waals surface area contributed by atoms with E-state index in [0.717, 1.165) is 41.7 Å². The zero-order valence-corrected chi connectivity index (χ0v) is 16.3. The molecule has 0 radical (unpaired) electrons. The van der Waals surface area contributed by atoms with Gasteiger partial charge in [0.2, 0.25) is 0 Å². The number of carboxylic acids is 1. The average molecular weight is 379 g/mol. The fourth-order valence-electron chi connectivity index (χ4n) is 3.11. The highest BCUT2D eigenvalue weighted by atomic mass is 16.5. The van der Waals surface area contributed by atoms with Crippen molar-refractivity contribution in [2.45, 2.75) is 45.8 Å². The standard InChI is InChI=1S/C23H25NO4/c1-4-11-24-14-19(23(26)27)21(25)13-20(24)16(3)12-15(2)18-7-5-6-8-22(18)28-17-9-10-17/h5-8,12-14,17H,2,4,9-11H2,1,3H3,(H,26,27)/b16-12+. The Kier molecular flexibility index (Phi) is 5.83. The van der Waals surface area contributed by atoms with Gasteiger partial charge in [-0.1, -0.05) is 31.7 Å². The van der Waals surface area contributed by atoms with E-state index in [1.165, 1.54) is 12.3 Å². The molecule has 0 spiro atoms. The van der Waals surface area contributed by atoms with E-state index in [-0.39, 0.29) is 11.7 Å². The average Bonchev–Trinajstić information content (AvgIpc) is 3.47. The van der Waals surface area contributed by atoms with Crippen LogP contribution in [0.3, 0.4) is 0 Å². The number of para-hydroxylation sites is 1. The molecule has 28 heavy (non-hydrogen) atoms. The minimum Gasteiger partial charge on any atom is -0.490 e. The quantitative estimate of drug-likeness (QED) is 0.680. The van der Waals surface area contributed by atoms with E-state index in [1.807, 2.05) is 48.8 Å². The fourth-order valence-corrected chi connectivity index (χ4v) is 3.11. The summed E-state index contributed by atoms with van der Waals surface area (Å²) >= 11 is 0. The van der Waals surface area contributed by atoms with E-state index in [2.05, 4.69) is 6.58 Å². The topological polar surface area (TPSA) is 68.5 Å². The maximum absolute atomic E-state index is 12.2. The summed E-state index contributed by atoms with van der Waals surface area (Å²) in [4.78, 5) is 23.5. The predicted octanol–water partition coefficient (Wildman–Crippen LogP) is 4.61. The van der Waals surface area contributed by atoms with Crippen LogP contribution in [0.15, 0.2) is 54.0 Å².